The van der Waals surface area contributed by atoms with E-state index in [1.165, 1.54) is 23.9 Å². The van der Waals surface area contributed by atoms with Crippen molar-refractivity contribution >= 4 is 52.5 Å². The molecule has 188 valence electrons. The third-order valence-electron chi connectivity index (χ3n) is 5.50. The van der Waals surface area contributed by atoms with Crippen LogP contribution in [0.15, 0.2) is 72.8 Å². The summed E-state index contributed by atoms with van der Waals surface area (Å²) in [5.41, 5.74) is 2.56. The molecule has 3 rings (SSSR count). The van der Waals surface area contributed by atoms with Crippen molar-refractivity contribution in [3.63, 3.8) is 0 Å². The second-order valence-corrected chi connectivity index (χ2v) is 9.81. The Morgan fingerprint density at radius 1 is 0.972 bits per heavy atom. The number of hydrogen-bond donors (Lipinski definition) is 1. The number of hydrogen-bond acceptors (Lipinski definition) is 5. The summed E-state index contributed by atoms with van der Waals surface area (Å²) in [4.78, 5) is 38.4. The van der Waals surface area contributed by atoms with Gasteiger partial charge in [0, 0.05) is 37.9 Å². The van der Waals surface area contributed by atoms with Gasteiger partial charge in [-0.1, -0.05) is 71.7 Å². The van der Waals surface area contributed by atoms with E-state index in [4.69, 9.17) is 23.2 Å². The van der Waals surface area contributed by atoms with Crippen molar-refractivity contribution in [2.45, 2.75) is 24.8 Å². The average Bonchev–Trinajstić information content (AvgIpc) is 2.88. The molecule has 3 aromatic rings. The van der Waals surface area contributed by atoms with Gasteiger partial charge in [0.25, 0.3) is 5.69 Å². The molecule has 3 aromatic carbocycles. The number of nitro groups is 1. The van der Waals surface area contributed by atoms with E-state index in [9.17, 15) is 19.7 Å². The van der Waals surface area contributed by atoms with E-state index in [1.807, 2.05) is 30.3 Å². The normalized spacial score (nSPS) is 11.5. The van der Waals surface area contributed by atoms with Crippen LogP contribution in [0.5, 0.6) is 0 Å². The highest BCUT2D eigenvalue weighted by Gasteiger charge is 2.29. The summed E-state index contributed by atoms with van der Waals surface area (Å²) >= 11 is 13.6. The standard InChI is InChI=1S/C26H25Cl2N3O4S/c1-29-26(33)24(14-18-5-3-2-4-6-18)30(15-20-9-12-22(27)23(28)13-20)25(32)17-36-16-19-7-10-21(11-8-19)31(34)35/h2-13,24H,14-17H2,1H3,(H,29,33)/t24-/m1/s1. The zero-order valence-corrected chi connectivity index (χ0v) is 21.9. The Labute approximate surface area is 223 Å². The minimum absolute atomic E-state index is 0.0157. The number of amides is 2. The number of benzene rings is 3. The van der Waals surface area contributed by atoms with E-state index in [1.54, 1.807) is 42.3 Å². The number of nitrogens with one attached hydrogen (secondary N) is 1. The SMILES string of the molecule is CNC(=O)[C@@H](Cc1ccccc1)N(Cc1ccc(Cl)c(Cl)c1)C(=O)CSCc1ccc([N+](=O)[O-])cc1. The zero-order valence-electron chi connectivity index (χ0n) is 19.5. The van der Waals surface area contributed by atoms with Crippen LogP contribution in [0.4, 0.5) is 5.69 Å². The summed E-state index contributed by atoms with van der Waals surface area (Å²) in [6.45, 7) is 0.179. The minimum atomic E-state index is -0.737. The highest BCUT2D eigenvalue weighted by atomic mass is 35.5. The van der Waals surface area contributed by atoms with Crippen LogP contribution in [0.3, 0.4) is 0 Å². The van der Waals surface area contributed by atoms with Gasteiger partial charge in [0.1, 0.15) is 6.04 Å². The van der Waals surface area contributed by atoms with Gasteiger partial charge in [-0.3, -0.25) is 19.7 Å². The molecule has 10 heteroatoms. The predicted molar refractivity (Wildman–Crippen MR) is 144 cm³/mol. The van der Waals surface area contributed by atoms with Gasteiger partial charge in [-0.25, -0.2) is 0 Å². The molecule has 0 saturated carbocycles. The maximum absolute atomic E-state index is 13.5. The molecular weight excluding hydrogens is 521 g/mol. The van der Waals surface area contributed by atoms with Gasteiger partial charge >= 0.3 is 0 Å². The van der Waals surface area contributed by atoms with Gasteiger partial charge < -0.3 is 10.2 Å². The molecule has 36 heavy (non-hydrogen) atoms. The molecule has 0 aromatic heterocycles. The molecule has 2 amide bonds. The smallest absolute Gasteiger partial charge is 0.269 e. The quantitative estimate of drug-likeness (QED) is 0.253. The first-order valence-electron chi connectivity index (χ1n) is 11.1. The molecular formula is C26H25Cl2N3O4S. The van der Waals surface area contributed by atoms with Crippen molar-refractivity contribution in [1.82, 2.24) is 10.2 Å². The average molecular weight is 546 g/mol. The van der Waals surface area contributed by atoms with E-state index in [2.05, 4.69) is 5.32 Å². The van der Waals surface area contributed by atoms with Gasteiger partial charge in [-0.05, 0) is 28.8 Å². The molecule has 0 heterocycles. The first-order valence-corrected chi connectivity index (χ1v) is 13.0. The zero-order chi connectivity index (χ0) is 26.1. The predicted octanol–water partition coefficient (Wildman–Crippen LogP) is 5.52. The first kappa shape index (κ1) is 27.5. The number of carbonyl (C=O) groups excluding carboxylic acids is 2. The fraction of sp³-hybridized carbons (Fsp3) is 0.231. The van der Waals surface area contributed by atoms with Crippen molar-refractivity contribution in [2.75, 3.05) is 12.8 Å². The van der Waals surface area contributed by atoms with E-state index >= 15 is 0 Å². The Bertz CT molecular complexity index is 1210. The summed E-state index contributed by atoms with van der Waals surface area (Å²) in [7, 11) is 1.55. The molecule has 1 atom stereocenters. The molecule has 0 aliphatic rings. The lowest BCUT2D eigenvalue weighted by Gasteiger charge is -2.31. The number of nitro benzene ring substituents is 1. The molecule has 7 nitrogen and oxygen atoms in total. The van der Waals surface area contributed by atoms with E-state index in [0.29, 0.717) is 22.2 Å². The number of halogens is 2. The Balaban J connectivity index is 1.80. The van der Waals surface area contributed by atoms with Crippen LogP contribution in [0.25, 0.3) is 0 Å². The molecule has 0 aliphatic heterocycles. The van der Waals surface area contributed by atoms with Crippen LogP contribution in [0.1, 0.15) is 16.7 Å². The largest absolute Gasteiger partial charge is 0.357 e. The van der Waals surface area contributed by atoms with Crippen molar-refractivity contribution in [2.24, 2.45) is 0 Å². The second-order valence-electron chi connectivity index (χ2n) is 8.01. The molecule has 0 unspecified atom stereocenters. The first-order chi connectivity index (χ1) is 17.3. The molecule has 0 aliphatic carbocycles. The third-order valence-corrected chi connectivity index (χ3v) is 7.22. The third kappa shape index (κ3) is 7.71. The van der Waals surface area contributed by atoms with E-state index in [-0.39, 0.29) is 29.8 Å². The van der Waals surface area contributed by atoms with Crippen LogP contribution in [-0.4, -0.2) is 40.5 Å². The highest BCUT2D eigenvalue weighted by Crippen LogP contribution is 2.25. The van der Waals surface area contributed by atoms with Crippen LogP contribution in [0.2, 0.25) is 10.0 Å². The fourth-order valence-electron chi connectivity index (χ4n) is 3.61. The van der Waals surface area contributed by atoms with E-state index in [0.717, 1.165) is 16.7 Å². The van der Waals surface area contributed by atoms with Crippen molar-refractivity contribution in [3.8, 4) is 0 Å². The van der Waals surface area contributed by atoms with Crippen molar-refractivity contribution in [3.05, 3.63) is 110 Å². The molecule has 0 saturated heterocycles. The van der Waals surface area contributed by atoms with Crippen molar-refractivity contribution < 1.29 is 14.5 Å². The fourth-order valence-corrected chi connectivity index (χ4v) is 4.80. The van der Waals surface area contributed by atoms with E-state index < -0.39 is 11.0 Å². The molecule has 1 N–H and O–H groups in total. The molecule has 0 spiro atoms. The summed E-state index contributed by atoms with van der Waals surface area (Å²) in [5.74, 6) is 0.138. The monoisotopic (exact) mass is 545 g/mol. The topological polar surface area (TPSA) is 92.6 Å². The van der Waals surface area contributed by atoms with Crippen LogP contribution < -0.4 is 5.32 Å². The van der Waals surface area contributed by atoms with Gasteiger partial charge in [0.05, 0.1) is 20.7 Å². The summed E-state index contributed by atoms with van der Waals surface area (Å²) in [6.07, 6.45) is 0.348. The van der Waals surface area contributed by atoms with Crippen molar-refractivity contribution in [1.29, 1.82) is 0 Å². The van der Waals surface area contributed by atoms with Gasteiger partial charge in [0.15, 0.2) is 0 Å². The Kier molecular flexibility index (Phi) is 10.2. The number of thioether (sulfide) groups is 1. The maximum Gasteiger partial charge on any atom is 0.269 e. The van der Waals surface area contributed by atoms with Crippen LogP contribution >= 0.6 is 35.0 Å². The van der Waals surface area contributed by atoms with Gasteiger partial charge in [0.2, 0.25) is 11.8 Å². The highest BCUT2D eigenvalue weighted by molar-refractivity contribution is 7.99. The Hall–Kier alpha value is -3.07. The summed E-state index contributed by atoms with van der Waals surface area (Å²) < 4.78 is 0. The van der Waals surface area contributed by atoms with Gasteiger partial charge in [-0.2, -0.15) is 0 Å². The Morgan fingerprint density at radius 3 is 2.25 bits per heavy atom. The number of likely N-dealkylation sites (N-methyl/N-ethyl adjacent to an activating group) is 1. The Morgan fingerprint density at radius 2 is 1.64 bits per heavy atom. The lowest BCUT2D eigenvalue weighted by atomic mass is 10.0. The summed E-state index contributed by atoms with van der Waals surface area (Å²) in [6, 6.07) is 20.1. The molecule has 0 bridgehead atoms. The molecule has 0 fully saturated rings. The summed E-state index contributed by atoms with van der Waals surface area (Å²) in [5, 5.41) is 14.3. The van der Waals surface area contributed by atoms with Gasteiger partial charge in [-0.15, -0.1) is 11.8 Å². The number of carbonyl (C=O) groups is 2. The number of rotatable bonds is 11. The van der Waals surface area contributed by atoms with Crippen LogP contribution in [-0.2, 0) is 28.3 Å². The lowest BCUT2D eigenvalue weighted by molar-refractivity contribution is -0.384. The molecule has 0 radical (unpaired) electrons. The van der Waals surface area contributed by atoms with Crippen LogP contribution in [0, 0.1) is 10.1 Å². The lowest BCUT2D eigenvalue weighted by Crippen LogP contribution is -2.50. The maximum atomic E-state index is 13.5. The second kappa shape index (κ2) is 13.3. The number of nitrogens with zero attached hydrogens (tertiary/aromatic N) is 2. The minimum Gasteiger partial charge on any atom is -0.357 e. The number of non-ortho nitro benzene ring substituents is 1.